The Hall–Kier alpha value is -2.63. The molecule has 0 saturated heterocycles. The summed E-state index contributed by atoms with van der Waals surface area (Å²) in [4.78, 5) is 18.2. The lowest BCUT2D eigenvalue weighted by Crippen LogP contribution is -2.11. The standard InChI is InChI=1S/C24H20N2OS2/c27-20(13-6-14-28-15-16-7-2-1-3-8-16)25-24-26-22-18-11-4-9-17-10-5-12-19(21(17)18)23(22)29-24/h1-5,7-12H,6,13-15H2,(H,25,26,27). The van der Waals surface area contributed by atoms with Gasteiger partial charge >= 0.3 is 0 Å². The van der Waals surface area contributed by atoms with Gasteiger partial charge in [-0.1, -0.05) is 78.1 Å². The van der Waals surface area contributed by atoms with Gasteiger partial charge in [-0.3, -0.25) is 4.79 Å². The second-order valence-electron chi connectivity index (χ2n) is 7.10. The molecule has 1 heterocycles. The number of thiazole rings is 1. The summed E-state index contributed by atoms with van der Waals surface area (Å²) in [5.41, 5.74) is 4.72. The van der Waals surface area contributed by atoms with E-state index in [0.717, 1.165) is 28.5 Å². The summed E-state index contributed by atoms with van der Waals surface area (Å²) in [5, 5.41) is 6.21. The third-order valence-corrected chi connectivity index (χ3v) is 7.20. The maximum Gasteiger partial charge on any atom is 0.226 e. The number of hydrogen-bond donors (Lipinski definition) is 1. The van der Waals surface area contributed by atoms with Gasteiger partial charge in [-0.2, -0.15) is 11.8 Å². The average Bonchev–Trinajstić information content (AvgIpc) is 3.28. The number of nitrogens with one attached hydrogen (secondary N) is 1. The third-order valence-electron chi connectivity index (χ3n) is 5.08. The highest BCUT2D eigenvalue weighted by molar-refractivity contribution is 7.98. The first-order valence-electron chi connectivity index (χ1n) is 9.74. The molecule has 0 bridgehead atoms. The third kappa shape index (κ3) is 3.68. The van der Waals surface area contributed by atoms with Gasteiger partial charge in [-0.05, 0) is 28.5 Å². The molecule has 29 heavy (non-hydrogen) atoms. The number of carbonyl (C=O) groups is 1. The van der Waals surface area contributed by atoms with Gasteiger partial charge in [-0.15, -0.1) is 0 Å². The van der Waals surface area contributed by atoms with E-state index in [0.29, 0.717) is 11.6 Å². The molecule has 1 N–H and O–H groups in total. The van der Waals surface area contributed by atoms with E-state index in [2.05, 4.69) is 66.0 Å². The Balaban J connectivity index is 1.18. The zero-order chi connectivity index (χ0) is 19.6. The predicted octanol–water partition coefficient (Wildman–Crippen LogP) is 6.60. The Morgan fingerprint density at radius 1 is 0.966 bits per heavy atom. The van der Waals surface area contributed by atoms with Crippen LogP contribution in [0.5, 0.6) is 0 Å². The molecule has 144 valence electrons. The largest absolute Gasteiger partial charge is 0.302 e. The zero-order valence-corrected chi connectivity index (χ0v) is 17.5. The van der Waals surface area contributed by atoms with Gasteiger partial charge in [0.2, 0.25) is 5.91 Å². The molecule has 0 unspecified atom stereocenters. The SMILES string of the molecule is O=C(CCCSCc1ccccc1)Nc1nc2c(s1)-c1cccc3cccc-2c13. The van der Waals surface area contributed by atoms with Gasteiger partial charge in [0.05, 0.1) is 10.6 Å². The molecule has 1 aliphatic rings. The van der Waals surface area contributed by atoms with E-state index in [1.54, 1.807) is 11.3 Å². The summed E-state index contributed by atoms with van der Waals surface area (Å²) in [6.45, 7) is 0. The molecule has 0 fully saturated rings. The van der Waals surface area contributed by atoms with Crippen LogP contribution in [-0.4, -0.2) is 16.6 Å². The maximum absolute atomic E-state index is 12.4. The highest BCUT2D eigenvalue weighted by atomic mass is 32.2. The van der Waals surface area contributed by atoms with Crippen molar-refractivity contribution in [1.29, 1.82) is 0 Å². The van der Waals surface area contributed by atoms with E-state index < -0.39 is 0 Å². The molecular weight excluding hydrogens is 396 g/mol. The summed E-state index contributed by atoms with van der Waals surface area (Å²) < 4.78 is 0. The number of benzene rings is 3. The first-order valence-corrected chi connectivity index (χ1v) is 11.7. The molecule has 4 aromatic rings. The molecule has 3 aromatic carbocycles. The normalized spacial score (nSPS) is 11.6. The number of hydrogen-bond acceptors (Lipinski definition) is 4. The van der Waals surface area contributed by atoms with Gasteiger partial charge in [0.1, 0.15) is 0 Å². The molecule has 0 atom stereocenters. The smallest absolute Gasteiger partial charge is 0.226 e. The molecule has 1 amide bonds. The first kappa shape index (κ1) is 18.4. The highest BCUT2D eigenvalue weighted by Gasteiger charge is 2.25. The lowest BCUT2D eigenvalue weighted by molar-refractivity contribution is -0.116. The minimum Gasteiger partial charge on any atom is -0.302 e. The Labute approximate surface area is 178 Å². The maximum atomic E-state index is 12.4. The Kier molecular flexibility index (Phi) is 5.08. The molecule has 5 heteroatoms. The van der Waals surface area contributed by atoms with E-state index in [4.69, 9.17) is 4.98 Å². The van der Waals surface area contributed by atoms with E-state index >= 15 is 0 Å². The van der Waals surface area contributed by atoms with Crippen molar-refractivity contribution in [3.8, 4) is 21.7 Å². The van der Waals surface area contributed by atoms with Crippen molar-refractivity contribution in [2.24, 2.45) is 0 Å². The quantitative estimate of drug-likeness (QED) is 0.304. The second kappa shape index (κ2) is 8.01. The summed E-state index contributed by atoms with van der Waals surface area (Å²) in [6.07, 6.45) is 1.40. The fraction of sp³-hybridized carbons (Fsp3) is 0.167. The molecule has 0 aliphatic heterocycles. The van der Waals surface area contributed by atoms with Crippen LogP contribution in [0.2, 0.25) is 0 Å². The monoisotopic (exact) mass is 416 g/mol. The van der Waals surface area contributed by atoms with Crippen molar-refractivity contribution in [1.82, 2.24) is 4.98 Å². The van der Waals surface area contributed by atoms with Crippen molar-refractivity contribution in [3.05, 3.63) is 72.3 Å². The summed E-state index contributed by atoms with van der Waals surface area (Å²) in [7, 11) is 0. The van der Waals surface area contributed by atoms with Crippen molar-refractivity contribution < 1.29 is 4.79 Å². The minimum atomic E-state index is 0.0456. The Morgan fingerprint density at radius 2 is 1.76 bits per heavy atom. The van der Waals surface area contributed by atoms with Crippen LogP contribution in [0.4, 0.5) is 5.13 Å². The number of amides is 1. The van der Waals surface area contributed by atoms with Crippen LogP contribution in [0.1, 0.15) is 18.4 Å². The molecule has 1 aliphatic carbocycles. The summed E-state index contributed by atoms with van der Waals surface area (Å²) in [6, 6.07) is 23.1. The number of nitrogens with zero attached hydrogens (tertiary/aromatic N) is 1. The number of thioether (sulfide) groups is 1. The Morgan fingerprint density at radius 3 is 2.59 bits per heavy atom. The Bertz CT molecular complexity index is 1130. The van der Waals surface area contributed by atoms with Crippen LogP contribution < -0.4 is 5.32 Å². The van der Waals surface area contributed by atoms with Gasteiger partial charge in [0.15, 0.2) is 5.13 Å². The van der Waals surface area contributed by atoms with E-state index in [1.165, 1.54) is 27.5 Å². The van der Waals surface area contributed by atoms with Crippen LogP contribution in [0.25, 0.3) is 32.5 Å². The van der Waals surface area contributed by atoms with E-state index in [-0.39, 0.29) is 5.91 Å². The summed E-state index contributed by atoms with van der Waals surface area (Å²) in [5.74, 6) is 2.02. The van der Waals surface area contributed by atoms with Crippen molar-refractivity contribution >= 4 is 44.9 Å². The van der Waals surface area contributed by atoms with Crippen molar-refractivity contribution in [2.45, 2.75) is 18.6 Å². The van der Waals surface area contributed by atoms with Gasteiger partial charge in [0.25, 0.3) is 0 Å². The number of carbonyl (C=O) groups excluding carboxylic acids is 1. The van der Waals surface area contributed by atoms with E-state index in [1.807, 2.05) is 17.8 Å². The van der Waals surface area contributed by atoms with Crippen LogP contribution >= 0.6 is 23.1 Å². The first-order chi connectivity index (χ1) is 14.3. The summed E-state index contributed by atoms with van der Waals surface area (Å²) >= 11 is 3.44. The molecule has 5 rings (SSSR count). The second-order valence-corrected chi connectivity index (χ2v) is 9.20. The van der Waals surface area contributed by atoms with Crippen LogP contribution in [-0.2, 0) is 10.5 Å². The molecule has 0 radical (unpaired) electrons. The molecular formula is C24H20N2OS2. The highest BCUT2D eigenvalue weighted by Crippen LogP contribution is 2.50. The predicted molar refractivity (Wildman–Crippen MR) is 125 cm³/mol. The van der Waals surface area contributed by atoms with Gasteiger partial charge in [0, 0.05) is 23.3 Å². The number of aromatic nitrogens is 1. The lowest BCUT2D eigenvalue weighted by atomic mass is 10.0. The fourth-order valence-electron chi connectivity index (χ4n) is 3.75. The fourth-order valence-corrected chi connectivity index (χ4v) is 5.70. The van der Waals surface area contributed by atoms with Crippen molar-refractivity contribution in [3.63, 3.8) is 0 Å². The number of fused-ring (bicyclic) bond motifs is 3. The van der Waals surface area contributed by atoms with Gasteiger partial charge in [-0.25, -0.2) is 4.98 Å². The minimum absolute atomic E-state index is 0.0456. The molecule has 1 aromatic heterocycles. The molecule has 3 nitrogen and oxygen atoms in total. The van der Waals surface area contributed by atoms with Gasteiger partial charge < -0.3 is 5.32 Å². The average molecular weight is 417 g/mol. The topological polar surface area (TPSA) is 42.0 Å². The number of anilines is 1. The molecule has 0 spiro atoms. The van der Waals surface area contributed by atoms with Crippen LogP contribution in [0.3, 0.4) is 0 Å². The van der Waals surface area contributed by atoms with E-state index in [9.17, 15) is 4.79 Å². The van der Waals surface area contributed by atoms with Crippen LogP contribution in [0, 0.1) is 0 Å². The number of rotatable bonds is 7. The van der Waals surface area contributed by atoms with Crippen LogP contribution in [0.15, 0.2) is 66.7 Å². The molecule has 0 saturated carbocycles. The van der Waals surface area contributed by atoms with Crippen molar-refractivity contribution in [2.75, 3.05) is 11.1 Å². The zero-order valence-electron chi connectivity index (χ0n) is 15.9. The lowest BCUT2D eigenvalue weighted by Gasteiger charge is -2.04.